The third kappa shape index (κ3) is 2.46. The normalized spacial score (nSPS) is 12.6. The van der Waals surface area contributed by atoms with E-state index in [9.17, 15) is 0 Å². The van der Waals surface area contributed by atoms with Gasteiger partial charge in [-0.15, -0.1) is 5.10 Å². The minimum absolute atomic E-state index is 0.301. The molecule has 0 fully saturated rings. The van der Waals surface area contributed by atoms with Crippen LogP contribution in [-0.4, -0.2) is 15.0 Å². The number of benzene rings is 1. The van der Waals surface area contributed by atoms with E-state index >= 15 is 0 Å². The zero-order valence-corrected chi connectivity index (χ0v) is 9.37. The molecule has 1 aromatic heterocycles. The maximum absolute atomic E-state index is 5.50. The summed E-state index contributed by atoms with van der Waals surface area (Å²) in [5, 5.41) is 8.06. The molecule has 0 saturated carbocycles. The summed E-state index contributed by atoms with van der Waals surface area (Å²) in [6.45, 7) is 2.57. The molecular formula is C12H16N4. The van der Waals surface area contributed by atoms with Crippen molar-refractivity contribution in [2.45, 2.75) is 25.9 Å². The summed E-state index contributed by atoms with van der Waals surface area (Å²) in [4.78, 5) is 0. The van der Waals surface area contributed by atoms with E-state index in [4.69, 9.17) is 5.73 Å². The summed E-state index contributed by atoms with van der Waals surface area (Å²) in [6.07, 6.45) is 2.86. The second-order valence-electron chi connectivity index (χ2n) is 3.93. The van der Waals surface area contributed by atoms with Gasteiger partial charge in [0, 0.05) is 6.54 Å². The molecule has 0 radical (unpaired) electrons. The molecule has 16 heavy (non-hydrogen) atoms. The van der Waals surface area contributed by atoms with E-state index in [0.29, 0.717) is 12.6 Å². The van der Waals surface area contributed by atoms with Gasteiger partial charge in [0.05, 0.1) is 17.9 Å². The second-order valence-corrected chi connectivity index (χ2v) is 3.93. The minimum atomic E-state index is 0.301. The average molecular weight is 216 g/mol. The van der Waals surface area contributed by atoms with Gasteiger partial charge in [0.15, 0.2) is 0 Å². The van der Waals surface area contributed by atoms with Gasteiger partial charge in [-0.05, 0) is 18.9 Å². The van der Waals surface area contributed by atoms with Crippen molar-refractivity contribution >= 4 is 0 Å². The number of rotatable bonds is 4. The largest absolute Gasteiger partial charge is 0.325 e. The Labute approximate surface area is 95.1 Å². The minimum Gasteiger partial charge on any atom is -0.325 e. The molecule has 4 nitrogen and oxygen atoms in total. The van der Waals surface area contributed by atoms with Crippen LogP contribution in [0.3, 0.4) is 0 Å². The van der Waals surface area contributed by atoms with Crippen LogP contribution < -0.4 is 5.73 Å². The lowest BCUT2D eigenvalue weighted by Gasteiger charge is -2.10. The summed E-state index contributed by atoms with van der Waals surface area (Å²) in [7, 11) is 0. The first-order valence-electron chi connectivity index (χ1n) is 5.44. The lowest BCUT2D eigenvalue weighted by molar-refractivity contribution is 0.474. The highest BCUT2D eigenvalue weighted by Crippen LogP contribution is 2.12. The fourth-order valence-electron chi connectivity index (χ4n) is 1.67. The molecule has 0 amide bonds. The Morgan fingerprint density at radius 2 is 2.06 bits per heavy atom. The first-order chi connectivity index (χ1) is 7.79. The van der Waals surface area contributed by atoms with Gasteiger partial charge in [-0.1, -0.05) is 35.5 Å². The Kier molecular flexibility index (Phi) is 3.31. The quantitative estimate of drug-likeness (QED) is 0.843. The zero-order chi connectivity index (χ0) is 11.4. The van der Waals surface area contributed by atoms with Crippen molar-refractivity contribution in [2.24, 2.45) is 5.73 Å². The summed E-state index contributed by atoms with van der Waals surface area (Å²) in [6, 6.07) is 10.7. The van der Waals surface area contributed by atoms with Crippen LogP contribution in [0.15, 0.2) is 36.5 Å². The highest BCUT2D eigenvalue weighted by Gasteiger charge is 2.07. The number of aromatic nitrogens is 3. The number of hydrogen-bond acceptors (Lipinski definition) is 3. The van der Waals surface area contributed by atoms with E-state index in [1.807, 2.05) is 16.9 Å². The van der Waals surface area contributed by atoms with Gasteiger partial charge in [0.2, 0.25) is 0 Å². The van der Waals surface area contributed by atoms with Crippen LogP contribution in [0.1, 0.15) is 24.2 Å². The van der Waals surface area contributed by atoms with Gasteiger partial charge in [0.1, 0.15) is 0 Å². The van der Waals surface area contributed by atoms with Crippen molar-refractivity contribution in [1.29, 1.82) is 0 Å². The molecule has 0 bridgehead atoms. The van der Waals surface area contributed by atoms with Gasteiger partial charge in [-0.25, -0.2) is 4.68 Å². The summed E-state index contributed by atoms with van der Waals surface area (Å²) < 4.78 is 1.87. The molecule has 2 N–H and O–H groups in total. The Balaban J connectivity index is 2.05. The molecule has 84 valence electrons. The smallest absolute Gasteiger partial charge is 0.0962 e. The summed E-state index contributed by atoms with van der Waals surface area (Å²) >= 11 is 0. The van der Waals surface area contributed by atoms with Crippen molar-refractivity contribution in [3.05, 3.63) is 47.8 Å². The number of nitrogens with two attached hydrogens (primary N) is 1. The summed E-state index contributed by atoms with van der Waals surface area (Å²) in [5.74, 6) is 0. The Hall–Kier alpha value is -1.68. The highest BCUT2D eigenvalue weighted by atomic mass is 15.4. The van der Waals surface area contributed by atoms with Crippen molar-refractivity contribution < 1.29 is 0 Å². The monoisotopic (exact) mass is 216 g/mol. The van der Waals surface area contributed by atoms with E-state index in [1.54, 1.807) is 0 Å². The standard InChI is InChI=1S/C12H16N4/c1-10(7-11-5-3-2-4-6-11)16-9-12(8-13)14-15-16/h2-6,9-10H,7-8,13H2,1H3. The zero-order valence-electron chi connectivity index (χ0n) is 9.37. The van der Waals surface area contributed by atoms with E-state index in [0.717, 1.165) is 12.1 Å². The van der Waals surface area contributed by atoms with Gasteiger partial charge in [0.25, 0.3) is 0 Å². The van der Waals surface area contributed by atoms with E-state index < -0.39 is 0 Å². The average Bonchev–Trinajstić information content (AvgIpc) is 2.79. The van der Waals surface area contributed by atoms with Gasteiger partial charge >= 0.3 is 0 Å². The van der Waals surface area contributed by atoms with Crippen molar-refractivity contribution in [1.82, 2.24) is 15.0 Å². The molecule has 1 atom stereocenters. The second kappa shape index (κ2) is 4.90. The highest BCUT2D eigenvalue weighted by molar-refractivity contribution is 5.15. The van der Waals surface area contributed by atoms with E-state index in [-0.39, 0.29) is 0 Å². The maximum Gasteiger partial charge on any atom is 0.0962 e. The molecule has 2 aromatic rings. The van der Waals surface area contributed by atoms with Crippen LogP contribution in [0.4, 0.5) is 0 Å². The number of hydrogen-bond donors (Lipinski definition) is 1. The lowest BCUT2D eigenvalue weighted by Crippen LogP contribution is -2.09. The summed E-state index contributed by atoms with van der Waals surface area (Å²) in [5.41, 5.74) is 7.64. The predicted molar refractivity (Wildman–Crippen MR) is 62.8 cm³/mol. The van der Waals surface area contributed by atoms with Gasteiger partial charge in [-0.3, -0.25) is 0 Å². The number of nitrogens with zero attached hydrogens (tertiary/aromatic N) is 3. The first kappa shape index (κ1) is 10.8. The molecule has 0 aliphatic heterocycles. The van der Waals surface area contributed by atoms with Crippen LogP contribution in [0.2, 0.25) is 0 Å². The third-order valence-corrected chi connectivity index (χ3v) is 2.59. The van der Waals surface area contributed by atoms with Gasteiger partial charge in [-0.2, -0.15) is 0 Å². The fraction of sp³-hybridized carbons (Fsp3) is 0.333. The van der Waals surface area contributed by atoms with E-state index in [2.05, 4.69) is 41.5 Å². The fourth-order valence-corrected chi connectivity index (χ4v) is 1.67. The Morgan fingerprint density at radius 1 is 1.31 bits per heavy atom. The molecule has 1 aromatic carbocycles. The maximum atomic E-state index is 5.50. The topological polar surface area (TPSA) is 56.7 Å². The molecular weight excluding hydrogens is 200 g/mol. The predicted octanol–water partition coefficient (Wildman–Crippen LogP) is 1.54. The van der Waals surface area contributed by atoms with Crippen molar-refractivity contribution in [2.75, 3.05) is 0 Å². The molecule has 2 rings (SSSR count). The molecule has 4 heteroatoms. The van der Waals surface area contributed by atoms with Gasteiger partial charge < -0.3 is 5.73 Å². The molecule has 0 aliphatic carbocycles. The molecule has 1 heterocycles. The molecule has 0 saturated heterocycles. The van der Waals surface area contributed by atoms with Crippen LogP contribution in [0.5, 0.6) is 0 Å². The SMILES string of the molecule is CC(Cc1ccccc1)n1cc(CN)nn1. The third-order valence-electron chi connectivity index (χ3n) is 2.59. The van der Waals surface area contributed by atoms with Crippen molar-refractivity contribution in [3.8, 4) is 0 Å². The first-order valence-corrected chi connectivity index (χ1v) is 5.44. The van der Waals surface area contributed by atoms with Crippen LogP contribution in [0, 0.1) is 0 Å². The Bertz CT molecular complexity index is 435. The van der Waals surface area contributed by atoms with Crippen LogP contribution in [0.25, 0.3) is 0 Å². The van der Waals surface area contributed by atoms with Crippen LogP contribution >= 0.6 is 0 Å². The molecule has 0 aliphatic rings. The molecule has 1 unspecified atom stereocenters. The molecule has 0 spiro atoms. The van der Waals surface area contributed by atoms with E-state index in [1.165, 1.54) is 5.56 Å². The van der Waals surface area contributed by atoms with Crippen LogP contribution in [-0.2, 0) is 13.0 Å². The lowest BCUT2D eigenvalue weighted by atomic mass is 10.1. The Morgan fingerprint density at radius 3 is 2.69 bits per heavy atom. The van der Waals surface area contributed by atoms with Crippen molar-refractivity contribution in [3.63, 3.8) is 0 Å².